The molecule has 2 N–H and O–H groups in total. The number of hydrogen-bond acceptors (Lipinski definition) is 7. The minimum atomic E-state index is -0.118. The van der Waals surface area contributed by atoms with Crippen LogP contribution in [0.3, 0.4) is 0 Å². The van der Waals surface area contributed by atoms with Crippen LogP contribution in [0.1, 0.15) is 50.8 Å². The van der Waals surface area contributed by atoms with Gasteiger partial charge in [-0.2, -0.15) is 9.50 Å². The predicted molar refractivity (Wildman–Crippen MR) is 109 cm³/mol. The third kappa shape index (κ3) is 4.38. The number of aromatic nitrogens is 4. The summed E-state index contributed by atoms with van der Waals surface area (Å²) in [5, 5.41) is 19.3. The second-order valence-corrected chi connectivity index (χ2v) is 9.41. The van der Waals surface area contributed by atoms with E-state index in [0.717, 1.165) is 62.8 Å². The molecule has 0 saturated carbocycles. The zero-order valence-electron chi connectivity index (χ0n) is 16.3. The van der Waals surface area contributed by atoms with Gasteiger partial charge in [-0.25, -0.2) is 4.98 Å². The summed E-state index contributed by atoms with van der Waals surface area (Å²) in [6.45, 7) is 8.12. The maximum absolute atomic E-state index is 9.68. The van der Waals surface area contributed by atoms with Gasteiger partial charge in [0, 0.05) is 37.0 Å². The van der Waals surface area contributed by atoms with Gasteiger partial charge >= 0.3 is 0 Å². The molecule has 1 aliphatic heterocycles. The fourth-order valence-electron chi connectivity index (χ4n) is 3.94. The van der Waals surface area contributed by atoms with E-state index in [4.69, 9.17) is 10.1 Å². The third-order valence-corrected chi connectivity index (χ3v) is 6.22. The van der Waals surface area contributed by atoms with Gasteiger partial charge in [-0.3, -0.25) is 0 Å². The summed E-state index contributed by atoms with van der Waals surface area (Å²) in [5.74, 6) is 1.79. The first-order valence-corrected chi connectivity index (χ1v) is 11.1. The van der Waals surface area contributed by atoms with E-state index in [1.54, 1.807) is 11.8 Å². The molecule has 2 aliphatic rings. The minimum Gasteiger partial charge on any atom is -0.393 e. The van der Waals surface area contributed by atoms with Crippen molar-refractivity contribution in [2.75, 3.05) is 31.5 Å². The first kappa shape index (κ1) is 19.0. The van der Waals surface area contributed by atoms with Crippen LogP contribution in [0.2, 0.25) is 0 Å². The van der Waals surface area contributed by atoms with Crippen molar-refractivity contribution in [2.45, 2.75) is 68.9 Å². The molecule has 1 fully saturated rings. The predicted octanol–water partition coefficient (Wildman–Crippen LogP) is 2.37. The van der Waals surface area contributed by atoms with Gasteiger partial charge in [0.25, 0.3) is 5.78 Å². The van der Waals surface area contributed by atoms with Gasteiger partial charge in [-0.05, 0) is 38.5 Å². The molecule has 27 heavy (non-hydrogen) atoms. The van der Waals surface area contributed by atoms with E-state index in [0.29, 0.717) is 11.0 Å². The Balaban J connectivity index is 1.54. The zero-order chi connectivity index (χ0) is 18.8. The van der Waals surface area contributed by atoms with Crippen LogP contribution in [0.25, 0.3) is 5.78 Å². The Bertz CT molecular complexity index is 784. The highest BCUT2D eigenvalue weighted by Crippen LogP contribution is 2.29. The summed E-state index contributed by atoms with van der Waals surface area (Å²) in [4.78, 5) is 11.9. The van der Waals surface area contributed by atoms with Crippen LogP contribution in [-0.4, -0.2) is 67.1 Å². The highest BCUT2D eigenvalue weighted by Gasteiger charge is 2.22. The van der Waals surface area contributed by atoms with Crippen molar-refractivity contribution >= 4 is 23.4 Å². The summed E-state index contributed by atoms with van der Waals surface area (Å²) in [6.07, 6.45) is 6.15. The SMILES string of the molecule is CC(C)Sc1nc2nc3c(c(NCCN4CCC(O)CC4)n2n1)CCCC3. The molecule has 0 radical (unpaired) electrons. The average molecular weight is 391 g/mol. The number of piperidine rings is 1. The Kier molecular flexibility index (Phi) is 5.85. The monoisotopic (exact) mass is 390 g/mol. The van der Waals surface area contributed by atoms with E-state index < -0.39 is 0 Å². The normalized spacial score (nSPS) is 19.0. The number of nitrogens with zero attached hydrogens (tertiary/aromatic N) is 5. The summed E-state index contributed by atoms with van der Waals surface area (Å²) in [7, 11) is 0. The van der Waals surface area contributed by atoms with Crippen molar-refractivity contribution < 1.29 is 5.11 Å². The maximum atomic E-state index is 9.68. The molecule has 0 spiro atoms. The number of fused-ring (bicyclic) bond motifs is 2. The average Bonchev–Trinajstić information content (AvgIpc) is 3.04. The molecule has 148 valence electrons. The van der Waals surface area contributed by atoms with Crippen LogP contribution in [0.4, 0.5) is 5.82 Å². The lowest BCUT2D eigenvalue weighted by molar-refractivity contribution is 0.0845. The number of anilines is 1. The number of aliphatic hydroxyl groups excluding tert-OH is 1. The molecule has 7 nitrogen and oxygen atoms in total. The maximum Gasteiger partial charge on any atom is 0.255 e. The highest BCUT2D eigenvalue weighted by molar-refractivity contribution is 7.99. The van der Waals surface area contributed by atoms with Gasteiger partial charge in [0.05, 0.1) is 11.8 Å². The van der Waals surface area contributed by atoms with Crippen LogP contribution in [0, 0.1) is 0 Å². The molecule has 1 aliphatic carbocycles. The van der Waals surface area contributed by atoms with Crippen LogP contribution in [0.15, 0.2) is 5.16 Å². The molecule has 4 rings (SSSR count). The first-order chi connectivity index (χ1) is 13.1. The summed E-state index contributed by atoms with van der Waals surface area (Å²) in [5.41, 5.74) is 2.50. The van der Waals surface area contributed by atoms with Crippen molar-refractivity contribution in [2.24, 2.45) is 0 Å². The summed E-state index contributed by atoms with van der Waals surface area (Å²) < 4.78 is 1.91. The molecule has 3 heterocycles. The Morgan fingerprint density at radius 1 is 1.19 bits per heavy atom. The van der Waals surface area contributed by atoms with E-state index in [-0.39, 0.29) is 6.10 Å². The quantitative estimate of drug-likeness (QED) is 0.733. The highest BCUT2D eigenvalue weighted by atomic mass is 32.2. The largest absolute Gasteiger partial charge is 0.393 e. The zero-order valence-corrected chi connectivity index (χ0v) is 17.1. The standard InChI is InChI=1S/C19H30N6OS/c1-13(2)27-19-22-18-21-16-6-4-3-5-15(16)17(25(18)23-19)20-9-12-24-10-7-14(26)8-11-24/h13-14,20,26H,3-12H2,1-2H3. The Morgan fingerprint density at radius 2 is 1.96 bits per heavy atom. The lowest BCUT2D eigenvalue weighted by Crippen LogP contribution is -2.38. The van der Waals surface area contributed by atoms with Gasteiger partial charge in [-0.15, -0.1) is 5.10 Å². The number of thioether (sulfide) groups is 1. The third-order valence-electron chi connectivity index (χ3n) is 5.36. The Labute approximate surface area is 165 Å². The van der Waals surface area contributed by atoms with Gasteiger partial charge in [0.1, 0.15) is 5.82 Å². The molecule has 0 atom stereocenters. The fourth-order valence-corrected chi connectivity index (χ4v) is 4.63. The number of aliphatic hydroxyl groups is 1. The van der Waals surface area contributed by atoms with Crippen molar-refractivity contribution in [1.29, 1.82) is 0 Å². The minimum absolute atomic E-state index is 0.118. The van der Waals surface area contributed by atoms with Gasteiger partial charge in [-0.1, -0.05) is 25.6 Å². The first-order valence-electron chi connectivity index (χ1n) is 10.2. The molecular weight excluding hydrogens is 360 g/mol. The Morgan fingerprint density at radius 3 is 2.74 bits per heavy atom. The molecule has 0 bridgehead atoms. The molecule has 2 aromatic heterocycles. The van der Waals surface area contributed by atoms with E-state index in [2.05, 4.69) is 29.0 Å². The number of hydrogen-bond donors (Lipinski definition) is 2. The van der Waals surface area contributed by atoms with Gasteiger partial charge in [0.15, 0.2) is 0 Å². The van der Waals surface area contributed by atoms with Crippen LogP contribution in [0.5, 0.6) is 0 Å². The fraction of sp³-hybridized carbons (Fsp3) is 0.737. The van der Waals surface area contributed by atoms with E-state index in [1.807, 2.05) is 4.52 Å². The van der Waals surface area contributed by atoms with E-state index >= 15 is 0 Å². The van der Waals surface area contributed by atoms with Gasteiger partial charge in [0.2, 0.25) is 5.16 Å². The van der Waals surface area contributed by atoms with Crippen molar-refractivity contribution in [3.63, 3.8) is 0 Å². The summed E-state index contributed by atoms with van der Waals surface area (Å²) in [6, 6.07) is 0. The number of rotatable bonds is 6. The van der Waals surface area contributed by atoms with Crippen molar-refractivity contribution in [3.8, 4) is 0 Å². The lowest BCUT2D eigenvalue weighted by atomic mass is 9.96. The second-order valence-electron chi connectivity index (χ2n) is 7.87. The molecule has 0 aromatic carbocycles. The smallest absolute Gasteiger partial charge is 0.255 e. The van der Waals surface area contributed by atoms with Crippen molar-refractivity contribution in [3.05, 3.63) is 11.3 Å². The van der Waals surface area contributed by atoms with Gasteiger partial charge < -0.3 is 15.3 Å². The Hall–Kier alpha value is -1.38. The lowest BCUT2D eigenvalue weighted by Gasteiger charge is -2.29. The molecule has 2 aromatic rings. The second kappa shape index (κ2) is 8.32. The number of likely N-dealkylation sites (tertiary alicyclic amines) is 1. The molecule has 1 saturated heterocycles. The molecule has 0 amide bonds. The van der Waals surface area contributed by atoms with E-state index in [1.165, 1.54) is 24.1 Å². The topological polar surface area (TPSA) is 78.6 Å². The van der Waals surface area contributed by atoms with E-state index in [9.17, 15) is 5.11 Å². The number of aryl methyl sites for hydroxylation is 1. The molecular formula is C19H30N6OS. The van der Waals surface area contributed by atoms with Crippen LogP contribution >= 0.6 is 11.8 Å². The number of nitrogens with one attached hydrogen (secondary N) is 1. The van der Waals surface area contributed by atoms with Crippen LogP contribution in [-0.2, 0) is 12.8 Å². The molecule has 8 heteroatoms. The van der Waals surface area contributed by atoms with Crippen LogP contribution < -0.4 is 5.32 Å². The summed E-state index contributed by atoms with van der Waals surface area (Å²) >= 11 is 1.68. The van der Waals surface area contributed by atoms with Crippen molar-refractivity contribution in [1.82, 2.24) is 24.5 Å². The molecule has 0 unspecified atom stereocenters.